The Hall–Kier alpha value is -4.15. The average molecular weight is 628 g/mol. The lowest BCUT2D eigenvalue weighted by molar-refractivity contribution is -0.160. The van der Waals surface area contributed by atoms with E-state index in [1.54, 1.807) is 45.0 Å². The molecule has 3 aromatic carbocycles. The zero-order chi connectivity index (χ0) is 31.8. The third kappa shape index (κ3) is 6.21. The number of carbonyl (C=O) groups is 4. The third-order valence-electron chi connectivity index (χ3n) is 8.45. The largest absolute Gasteiger partial charge is 0.460 e. The Balaban J connectivity index is 1.32. The van der Waals surface area contributed by atoms with E-state index in [2.05, 4.69) is 22.3 Å². The van der Waals surface area contributed by atoms with Crippen molar-refractivity contribution in [1.29, 1.82) is 0 Å². The number of anilines is 1. The van der Waals surface area contributed by atoms with Crippen LogP contribution in [0.15, 0.2) is 84.9 Å². The Labute approximate surface area is 267 Å². The summed E-state index contributed by atoms with van der Waals surface area (Å²) in [5, 5.41) is 2.57. The molecular weight excluding hydrogens is 590 g/mol. The van der Waals surface area contributed by atoms with Gasteiger partial charge in [0.2, 0.25) is 0 Å². The number of hydrogen-bond acceptors (Lipinski definition) is 9. The highest BCUT2D eigenvalue weighted by Gasteiger charge is 2.59. The van der Waals surface area contributed by atoms with Crippen LogP contribution in [0.5, 0.6) is 0 Å². The minimum Gasteiger partial charge on any atom is -0.460 e. The van der Waals surface area contributed by atoms with Crippen molar-refractivity contribution >= 4 is 41.2 Å². The van der Waals surface area contributed by atoms with Crippen molar-refractivity contribution in [3.63, 3.8) is 0 Å². The monoisotopic (exact) mass is 627 g/mol. The van der Waals surface area contributed by atoms with Gasteiger partial charge in [-0.05, 0) is 63.4 Å². The number of nitrogens with zero attached hydrogens (tertiary/aromatic N) is 2. The molecule has 10 heteroatoms. The number of thioether (sulfide) groups is 1. The molecule has 3 aliphatic rings. The second kappa shape index (κ2) is 12.3. The predicted octanol–water partition coefficient (Wildman–Crippen LogP) is 4.81. The van der Waals surface area contributed by atoms with E-state index in [0.29, 0.717) is 25.9 Å². The number of amides is 2. The van der Waals surface area contributed by atoms with Crippen molar-refractivity contribution in [3.05, 3.63) is 102 Å². The van der Waals surface area contributed by atoms with Crippen LogP contribution in [0.2, 0.25) is 0 Å². The highest BCUT2D eigenvalue weighted by atomic mass is 32.2. The summed E-state index contributed by atoms with van der Waals surface area (Å²) < 4.78 is 11.0. The van der Waals surface area contributed by atoms with Gasteiger partial charge < -0.3 is 14.4 Å². The Morgan fingerprint density at radius 3 is 2.02 bits per heavy atom. The number of carbonyl (C=O) groups excluding carboxylic acids is 4. The van der Waals surface area contributed by atoms with Crippen molar-refractivity contribution < 1.29 is 28.7 Å². The van der Waals surface area contributed by atoms with Gasteiger partial charge in [-0.3, -0.25) is 24.6 Å². The van der Waals surface area contributed by atoms with E-state index in [1.807, 2.05) is 48.5 Å². The maximum absolute atomic E-state index is 13.9. The van der Waals surface area contributed by atoms with Gasteiger partial charge in [0.1, 0.15) is 18.2 Å². The molecule has 2 fully saturated rings. The van der Waals surface area contributed by atoms with Gasteiger partial charge in [0.15, 0.2) is 6.04 Å². The molecule has 45 heavy (non-hydrogen) atoms. The van der Waals surface area contributed by atoms with Gasteiger partial charge in [0.05, 0.1) is 16.5 Å². The van der Waals surface area contributed by atoms with Gasteiger partial charge in [0, 0.05) is 23.5 Å². The molecular formula is C35H37N3O6S. The summed E-state index contributed by atoms with van der Waals surface area (Å²) in [5.41, 5.74) is 1.57. The summed E-state index contributed by atoms with van der Waals surface area (Å²) in [7, 11) is 0. The molecule has 3 aliphatic heterocycles. The Morgan fingerprint density at radius 2 is 1.44 bits per heavy atom. The predicted molar refractivity (Wildman–Crippen MR) is 172 cm³/mol. The van der Waals surface area contributed by atoms with Crippen LogP contribution in [-0.2, 0) is 25.7 Å². The number of piperidine rings is 1. The van der Waals surface area contributed by atoms with Gasteiger partial charge in [-0.1, -0.05) is 60.7 Å². The number of fused-ring (bicyclic) bond motifs is 1. The standard InChI is InChI=1S/C35H37N3O6S/c1-34(2,3)44-32(41)27(38-30(39)25-16-10-11-17-26(25)31(38)40)29-36-28(33(42)43-22-23-12-6-4-7-13-23)35(45-29)18-20-37(21-19-35)24-14-8-5-9-15-24/h4-17,27-29,36H,18-22H2,1-3H3. The van der Waals surface area contributed by atoms with Gasteiger partial charge in [-0.15, -0.1) is 11.8 Å². The summed E-state index contributed by atoms with van der Waals surface area (Å²) in [6.45, 7) is 6.68. The molecule has 9 nitrogen and oxygen atoms in total. The van der Waals surface area contributed by atoms with Crippen molar-refractivity contribution in [1.82, 2.24) is 10.2 Å². The number of benzene rings is 3. The second-order valence-corrected chi connectivity index (χ2v) is 14.2. The Bertz CT molecular complexity index is 1550. The molecule has 3 atom stereocenters. The van der Waals surface area contributed by atoms with Gasteiger partial charge in [0.25, 0.3) is 11.8 Å². The van der Waals surface area contributed by atoms with Crippen molar-refractivity contribution in [2.45, 2.75) is 68.0 Å². The maximum Gasteiger partial charge on any atom is 0.332 e. The van der Waals surface area contributed by atoms with Crippen LogP contribution in [0.4, 0.5) is 5.69 Å². The van der Waals surface area contributed by atoms with Crippen LogP contribution in [0, 0.1) is 0 Å². The first-order chi connectivity index (χ1) is 21.6. The summed E-state index contributed by atoms with van der Waals surface area (Å²) in [6.07, 6.45) is 1.23. The first-order valence-corrected chi connectivity index (χ1v) is 16.1. The van der Waals surface area contributed by atoms with Crippen LogP contribution in [-0.4, -0.2) is 69.5 Å². The molecule has 0 aliphatic carbocycles. The molecule has 6 rings (SSSR count). The van der Waals surface area contributed by atoms with Crippen LogP contribution < -0.4 is 10.2 Å². The molecule has 2 saturated heterocycles. The number of ether oxygens (including phenoxy) is 2. The smallest absolute Gasteiger partial charge is 0.332 e. The van der Waals surface area contributed by atoms with Crippen LogP contribution in [0.25, 0.3) is 0 Å². The molecule has 1 N–H and O–H groups in total. The first-order valence-electron chi connectivity index (χ1n) is 15.2. The topological polar surface area (TPSA) is 105 Å². The van der Waals surface area contributed by atoms with E-state index in [4.69, 9.17) is 9.47 Å². The van der Waals surface area contributed by atoms with E-state index < -0.39 is 51.6 Å². The molecule has 234 valence electrons. The van der Waals surface area contributed by atoms with Crippen LogP contribution >= 0.6 is 11.8 Å². The molecule has 0 radical (unpaired) electrons. The lowest BCUT2D eigenvalue weighted by Crippen LogP contribution is -2.58. The van der Waals surface area contributed by atoms with Gasteiger partial charge in [-0.25, -0.2) is 4.79 Å². The Kier molecular flexibility index (Phi) is 8.45. The van der Waals surface area contributed by atoms with Crippen LogP contribution in [0.1, 0.15) is 59.9 Å². The fraction of sp³-hybridized carbons (Fsp3) is 0.371. The number of imide groups is 1. The van der Waals surface area contributed by atoms with E-state index in [-0.39, 0.29) is 17.7 Å². The normalized spacial score (nSPS) is 21.5. The van der Waals surface area contributed by atoms with Crippen LogP contribution in [0.3, 0.4) is 0 Å². The highest BCUT2D eigenvalue weighted by molar-refractivity contribution is 8.01. The van der Waals surface area contributed by atoms with Gasteiger partial charge >= 0.3 is 11.9 Å². The SMILES string of the molecule is CC(C)(C)OC(=O)C(C1NC(C(=O)OCc2ccccc2)C2(CCN(c3ccccc3)CC2)S1)N1C(=O)c2ccccc2C1=O. The molecule has 0 aromatic heterocycles. The summed E-state index contributed by atoms with van der Waals surface area (Å²) in [6, 6.07) is 24.0. The minimum absolute atomic E-state index is 0.104. The van der Waals surface area contributed by atoms with Gasteiger partial charge in [-0.2, -0.15) is 0 Å². The maximum atomic E-state index is 13.9. The van der Waals surface area contributed by atoms with Crippen molar-refractivity contribution in [2.24, 2.45) is 0 Å². The zero-order valence-corrected chi connectivity index (χ0v) is 26.4. The first kappa shape index (κ1) is 30.9. The summed E-state index contributed by atoms with van der Waals surface area (Å²) in [5.74, 6) is -2.27. The van der Waals surface area contributed by atoms with E-state index in [9.17, 15) is 19.2 Å². The quantitative estimate of drug-likeness (QED) is 0.292. The Morgan fingerprint density at radius 1 is 0.889 bits per heavy atom. The molecule has 3 unspecified atom stereocenters. The fourth-order valence-corrected chi connectivity index (χ4v) is 8.09. The lowest BCUT2D eigenvalue weighted by Gasteiger charge is -2.42. The third-order valence-corrected chi connectivity index (χ3v) is 10.2. The van der Waals surface area contributed by atoms with Crippen molar-refractivity contribution in [3.8, 4) is 0 Å². The number of rotatable bonds is 7. The van der Waals surface area contributed by atoms with E-state index in [1.165, 1.54) is 11.8 Å². The summed E-state index contributed by atoms with van der Waals surface area (Å²) in [4.78, 5) is 58.4. The van der Waals surface area contributed by atoms with E-state index in [0.717, 1.165) is 16.2 Å². The highest BCUT2D eigenvalue weighted by Crippen LogP contribution is 2.49. The number of esters is 2. The summed E-state index contributed by atoms with van der Waals surface area (Å²) >= 11 is 1.44. The number of para-hydroxylation sites is 1. The number of nitrogens with one attached hydrogen (secondary N) is 1. The van der Waals surface area contributed by atoms with Crippen molar-refractivity contribution in [2.75, 3.05) is 18.0 Å². The second-order valence-electron chi connectivity index (χ2n) is 12.6. The molecule has 3 aromatic rings. The fourth-order valence-electron chi connectivity index (χ4n) is 6.30. The number of hydrogen-bond donors (Lipinski definition) is 1. The molecule has 2 amide bonds. The average Bonchev–Trinajstić information content (AvgIpc) is 3.51. The molecule has 0 bridgehead atoms. The molecule has 3 heterocycles. The molecule has 0 saturated carbocycles. The minimum atomic E-state index is -1.31. The molecule has 1 spiro atoms. The zero-order valence-electron chi connectivity index (χ0n) is 25.6. The van der Waals surface area contributed by atoms with E-state index >= 15 is 0 Å². The lowest BCUT2D eigenvalue weighted by atomic mass is 9.87.